The van der Waals surface area contributed by atoms with Crippen molar-refractivity contribution in [3.8, 4) is 0 Å². The molecule has 4 heteroatoms. The highest BCUT2D eigenvalue weighted by molar-refractivity contribution is 5.93. The molecule has 1 N–H and O–H groups in total. The van der Waals surface area contributed by atoms with Crippen LogP contribution in [0.1, 0.15) is 41.0 Å². The molecular weight excluding hydrogens is 346 g/mol. The molecule has 2 aromatic carbocycles. The molecule has 0 saturated carbocycles. The number of nitrogens with zero attached hydrogens (tertiary/aromatic N) is 2. The van der Waals surface area contributed by atoms with Gasteiger partial charge in [-0.1, -0.05) is 54.6 Å². The second kappa shape index (κ2) is 9.18. The van der Waals surface area contributed by atoms with Crippen LogP contribution in [0.4, 0.5) is 5.69 Å². The normalized spacial score (nSPS) is 10.7. The molecule has 0 bridgehead atoms. The van der Waals surface area contributed by atoms with Gasteiger partial charge in [0, 0.05) is 31.0 Å². The van der Waals surface area contributed by atoms with Crippen molar-refractivity contribution in [3.63, 3.8) is 0 Å². The molecule has 0 unspecified atom stereocenters. The van der Waals surface area contributed by atoms with Crippen LogP contribution in [0.5, 0.6) is 0 Å². The maximum atomic E-state index is 12.6. The van der Waals surface area contributed by atoms with Crippen LogP contribution in [0.25, 0.3) is 0 Å². The lowest BCUT2D eigenvalue weighted by atomic mass is 10.1. The number of aryl methyl sites for hydroxylation is 1. The molecule has 4 nitrogen and oxygen atoms in total. The van der Waals surface area contributed by atoms with Crippen LogP contribution in [0.15, 0.2) is 72.9 Å². The summed E-state index contributed by atoms with van der Waals surface area (Å²) in [5.41, 5.74) is 4.94. The summed E-state index contributed by atoms with van der Waals surface area (Å²) in [6.45, 7) is 7.63. The minimum atomic E-state index is -0.159. The molecule has 0 aliphatic carbocycles. The summed E-state index contributed by atoms with van der Waals surface area (Å²) in [5, 5.41) is 2.98. The van der Waals surface area contributed by atoms with Crippen LogP contribution in [0.3, 0.4) is 0 Å². The highest BCUT2D eigenvalue weighted by Crippen LogP contribution is 2.20. The molecule has 0 aliphatic heterocycles. The summed E-state index contributed by atoms with van der Waals surface area (Å²) in [4.78, 5) is 19.2. The summed E-state index contributed by atoms with van der Waals surface area (Å²) < 4.78 is 0. The molecule has 0 atom stereocenters. The zero-order valence-corrected chi connectivity index (χ0v) is 16.7. The molecule has 0 spiro atoms. The zero-order chi connectivity index (χ0) is 19.9. The van der Waals surface area contributed by atoms with Crippen molar-refractivity contribution in [1.82, 2.24) is 10.3 Å². The van der Waals surface area contributed by atoms with Gasteiger partial charge in [0.25, 0.3) is 5.91 Å². The van der Waals surface area contributed by atoms with E-state index in [2.05, 4.69) is 41.2 Å². The molecule has 0 radical (unpaired) electrons. The highest BCUT2D eigenvalue weighted by Gasteiger charge is 2.15. The van der Waals surface area contributed by atoms with Crippen molar-refractivity contribution in [1.29, 1.82) is 0 Å². The highest BCUT2D eigenvalue weighted by atomic mass is 16.1. The number of rotatable bonds is 7. The van der Waals surface area contributed by atoms with Gasteiger partial charge < -0.3 is 10.2 Å². The van der Waals surface area contributed by atoms with E-state index in [1.807, 2.05) is 61.5 Å². The van der Waals surface area contributed by atoms with Gasteiger partial charge in [-0.15, -0.1) is 0 Å². The Kier molecular flexibility index (Phi) is 6.43. The Morgan fingerprint density at radius 2 is 1.75 bits per heavy atom. The fourth-order valence-corrected chi connectivity index (χ4v) is 3.15. The lowest BCUT2D eigenvalue weighted by Gasteiger charge is -2.29. The lowest BCUT2D eigenvalue weighted by molar-refractivity contribution is 0.0946. The van der Waals surface area contributed by atoms with Gasteiger partial charge in [0.2, 0.25) is 0 Å². The van der Waals surface area contributed by atoms with Crippen molar-refractivity contribution in [3.05, 3.63) is 95.3 Å². The minimum absolute atomic E-state index is 0.159. The quantitative estimate of drug-likeness (QED) is 0.651. The summed E-state index contributed by atoms with van der Waals surface area (Å²) in [5.74, 6) is -0.159. The Hall–Kier alpha value is -3.14. The van der Waals surface area contributed by atoms with E-state index < -0.39 is 0 Å². The van der Waals surface area contributed by atoms with Crippen LogP contribution in [-0.4, -0.2) is 16.9 Å². The Bertz CT molecular complexity index is 922. The number of amides is 1. The number of aromatic nitrogens is 1. The molecular formula is C24H27N3O. The predicted octanol–water partition coefficient (Wildman–Crippen LogP) is 4.74. The summed E-state index contributed by atoms with van der Waals surface area (Å²) in [6.07, 6.45) is 1.71. The number of benzene rings is 2. The van der Waals surface area contributed by atoms with E-state index in [1.54, 1.807) is 6.20 Å². The van der Waals surface area contributed by atoms with Crippen LogP contribution in [-0.2, 0) is 13.1 Å². The number of carbonyl (C=O) groups excluding carboxylic acids is 1. The van der Waals surface area contributed by atoms with Crippen LogP contribution in [0.2, 0.25) is 0 Å². The van der Waals surface area contributed by atoms with E-state index in [9.17, 15) is 4.79 Å². The number of carbonyl (C=O) groups is 1. The molecule has 3 rings (SSSR count). The first kappa shape index (κ1) is 19.6. The third-order valence-corrected chi connectivity index (χ3v) is 4.83. The van der Waals surface area contributed by atoms with Crippen molar-refractivity contribution in [2.45, 2.75) is 39.9 Å². The first-order valence-corrected chi connectivity index (χ1v) is 9.64. The molecule has 28 heavy (non-hydrogen) atoms. The molecule has 3 aromatic rings. The van der Waals surface area contributed by atoms with Crippen molar-refractivity contribution in [2.75, 3.05) is 4.90 Å². The van der Waals surface area contributed by atoms with E-state index in [-0.39, 0.29) is 5.91 Å². The summed E-state index contributed by atoms with van der Waals surface area (Å²) in [6, 6.07) is 22.5. The van der Waals surface area contributed by atoms with E-state index in [4.69, 9.17) is 0 Å². The second-order valence-electron chi connectivity index (χ2n) is 7.22. The third kappa shape index (κ3) is 4.97. The molecule has 0 fully saturated rings. The smallest absolute Gasteiger partial charge is 0.270 e. The largest absolute Gasteiger partial charge is 0.365 e. The first-order chi connectivity index (χ1) is 13.5. The minimum Gasteiger partial charge on any atom is -0.365 e. The number of nitrogens with one attached hydrogen (secondary N) is 1. The average molecular weight is 374 g/mol. The maximum Gasteiger partial charge on any atom is 0.270 e. The van der Waals surface area contributed by atoms with Gasteiger partial charge >= 0.3 is 0 Å². The predicted molar refractivity (Wildman–Crippen MR) is 114 cm³/mol. The third-order valence-electron chi connectivity index (χ3n) is 4.83. The van der Waals surface area contributed by atoms with Gasteiger partial charge in [-0.05, 0) is 49.6 Å². The Balaban J connectivity index is 1.74. The SMILES string of the molecule is Cc1ccccc1CNC(=O)c1cc(N(Cc2ccccc2)C(C)C)ccn1. The number of hydrogen-bond acceptors (Lipinski definition) is 3. The Morgan fingerprint density at radius 3 is 2.46 bits per heavy atom. The monoisotopic (exact) mass is 373 g/mol. The van der Waals surface area contributed by atoms with E-state index in [0.717, 1.165) is 17.8 Å². The molecule has 0 aliphatic rings. The number of hydrogen-bond donors (Lipinski definition) is 1. The van der Waals surface area contributed by atoms with Gasteiger partial charge in [-0.2, -0.15) is 0 Å². The standard InChI is InChI=1S/C24H27N3O/c1-18(2)27(17-20-10-5-4-6-11-20)22-13-14-25-23(15-22)24(28)26-16-21-12-8-7-9-19(21)3/h4-15,18H,16-17H2,1-3H3,(H,26,28). The van der Waals surface area contributed by atoms with Gasteiger partial charge in [-0.25, -0.2) is 0 Å². The van der Waals surface area contributed by atoms with Gasteiger partial charge in [0.05, 0.1) is 0 Å². The van der Waals surface area contributed by atoms with Crippen LogP contribution in [0, 0.1) is 6.92 Å². The lowest BCUT2D eigenvalue weighted by Crippen LogP contribution is -2.31. The second-order valence-corrected chi connectivity index (χ2v) is 7.22. The Morgan fingerprint density at radius 1 is 1.04 bits per heavy atom. The summed E-state index contributed by atoms with van der Waals surface area (Å²) in [7, 11) is 0. The van der Waals surface area contributed by atoms with E-state index in [0.29, 0.717) is 18.3 Å². The fourth-order valence-electron chi connectivity index (χ4n) is 3.15. The van der Waals surface area contributed by atoms with Crippen molar-refractivity contribution < 1.29 is 4.79 Å². The number of pyridine rings is 1. The van der Waals surface area contributed by atoms with Gasteiger partial charge in [0.15, 0.2) is 0 Å². The maximum absolute atomic E-state index is 12.6. The molecule has 144 valence electrons. The van der Waals surface area contributed by atoms with Crippen LogP contribution < -0.4 is 10.2 Å². The van der Waals surface area contributed by atoms with Gasteiger partial charge in [0.1, 0.15) is 5.69 Å². The topological polar surface area (TPSA) is 45.2 Å². The first-order valence-electron chi connectivity index (χ1n) is 9.64. The molecule has 1 heterocycles. The average Bonchev–Trinajstić information content (AvgIpc) is 2.72. The van der Waals surface area contributed by atoms with E-state index in [1.165, 1.54) is 11.1 Å². The molecule has 0 saturated heterocycles. The zero-order valence-electron chi connectivity index (χ0n) is 16.7. The molecule has 1 aromatic heterocycles. The van der Waals surface area contributed by atoms with Gasteiger partial charge in [-0.3, -0.25) is 9.78 Å². The van der Waals surface area contributed by atoms with Crippen molar-refractivity contribution in [2.24, 2.45) is 0 Å². The van der Waals surface area contributed by atoms with Crippen LogP contribution >= 0.6 is 0 Å². The fraction of sp³-hybridized carbons (Fsp3) is 0.250. The van der Waals surface area contributed by atoms with E-state index >= 15 is 0 Å². The molecule has 1 amide bonds. The van der Waals surface area contributed by atoms with Crippen molar-refractivity contribution >= 4 is 11.6 Å². The summed E-state index contributed by atoms with van der Waals surface area (Å²) >= 11 is 0. The number of anilines is 1. The Labute approximate surface area is 167 Å².